The number of carbonyl (C=O) groups is 1. The second-order valence-electron chi connectivity index (χ2n) is 8.42. The number of amides is 1. The fraction of sp³-hybridized carbons (Fsp3) is 0.458. The zero-order chi connectivity index (χ0) is 26.4. The lowest BCUT2D eigenvalue weighted by Gasteiger charge is -2.35. The first-order chi connectivity index (χ1) is 16.3. The number of hydrogen-bond donors (Lipinski definition) is 3. The maximum atomic E-state index is 12.4. The Labute approximate surface area is 200 Å². The number of nitrogens with zero attached hydrogens (tertiary/aromatic N) is 1. The van der Waals surface area contributed by atoms with Crippen molar-refractivity contribution in [3.05, 3.63) is 70.3 Å². The van der Waals surface area contributed by atoms with Crippen LogP contribution in [0.15, 0.2) is 42.5 Å². The molecule has 1 fully saturated rings. The van der Waals surface area contributed by atoms with Gasteiger partial charge in [-0.2, -0.15) is 26.3 Å². The molecule has 1 atom stereocenters. The van der Waals surface area contributed by atoms with Gasteiger partial charge in [-0.25, -0.2) is 4.79 Å². The molecule has 0 saturated carbocycles. The highest BCUT2D eigenvalue weighted by Gasteiger charge is 2.36. The minimum Gasteiger partial charge on any atom is -0.465 e. The Bertz CT molecular complexity index is 960. The first-order valence-corrected chi connectivity index (χ1v) is 11.0. The predicted molar refractivity (Wildman–Crippen MR) is 120 cm³/mol. The lowest BCUT2D eigenvalue weighted by Crippen LogP contribution is -2.48. The number of rotatable bonds is 4. The van der Waals surface area contributed by atoms with E-state index < -0.39 is 29.6 Å². The van der Waals surface area contributed by atoms with Gasteiger partial charge in [-0.05, 0) is 47.9 Å². The summed E-state index contributed by atoms with van der Waals surface area (Å²) in [5.74, 6) is 0.402. The van der Waals surface area contributed by atoms with Crippen LogP contribution in [0.1, 0.15) is 53.6 Å². The van der Waals surface area contributed by atoms with E-state index in [2.05, 4.69) is 30.5 Å². The molecule has 5 nitrogen and oxygen atoms in total. The summed E-state index contributed by atoms with van der Waals surface area (Å²) in [7, 11) is 1.44. The highest BCUT2D eigenvalue weighted by molar-refractivity contribution is 5.66. The fourth-order valence-corrected chi connectivity index (χ4v) is 3.88. The molecule has 1 aliphatic heterocycles. The van der Waals surface area contributed by atoms with Crippen LogP contribution < -0.4 is 10.6 Å². The van der Waals surface area contributed by atoms with Gasteiger partial charge in [0.15, 0.2) is 0 Å². The van der Waals surface area contributed by atoms with Crippen molar-refractivity contribution in [3.8, 4) is 0 Å². The number of alkyl halides is 6. The number of carboxylic acid groups (broad SMARTS) is 1. The Morgan fingerprint density at radius 1 is 1.09 bits per heavy atom. The minimum atomic E-state index is -4.79. The molecule has 0 aliphatic carbocycles. The lowest BCUT2D eigenvalue weighted by atomic mass is 9.91. The monoisotopic (exact) mass is 505 g/mol. The Morgan fingerprint density at radius 2 is 1.66 bits per heavy atom. The maximum Gasteiger partial charge on any atom is 0.416 e. The van der Waals surface area contributed by atoms with Gasteiger partial charge in [0.2, 0.25) is 0 Å². The van der Waals surface area contributed by atoms with Gasteiger partial charge in [-0.15, -0.1) is 0 Å². The van der Waals surface area contributed by atoms with Crippen molar-refractivity contribution in [1.82, 2.24) is 15.5 Å². The zero-order valence-corrected chi connectivity index (χ0v) is 19.6. The number of halogens is 6. The van der Waals surface area contributed by atoms with Crippen LogP contribution in [-0.4, -0.2) is 42.8 Å². The summed E-state index contributed by atoms with van der Waals surface area (Å²) < 4.78 is 74.3. The van der Waals surface area contributed by atoms with Crippen LogP contribution in [0.2, 0.25) is 0 Å². The van der Waals surface area contributed by atoms with Gasteiger partial charge in [-0.1, -0.05) is 38.1 Å². The standard InChI is InChI=1S/C14H20N2O2.C10H9F6N/c1-10(2)11-5-3-4-6-12(11)13-9-15-7-8-16(13)14(17)18;1-17-5-6-2-7(9(11,12)13)4-8(3-6)10(14,15)16/h3-6,10,13,15H,7-9H2,1-2H3,(H,17,18);2-4,17H,5H2,1H3. The summed E-state index contributed by atoms with van der Waals surface area (Å²) in [4.78, 5) is 12.9. The van der Waals surface area contributed by atoms with E-state index in [9.17, 15) is 36.2 Å². The second kappa shape index (κ2) is 11.8. The van der Waals surface area contributed by atoms with E-state index in [1.165, 1.54) is 17.5 Å². The van der Waals surface area contributed by atoms with Crippen LogP contribution in [0.5, 0.6) is 0 Å². The third-order valence-corrected chi connectivity index (χ3v) is 5.49. The van der Waals surface area contributed by atoms with Crippen molar-refractivity contribution in [3.63, 3.8) is 0 Å². The molecule has 0 radical (unpaired) electrons. The Morgan fingerprint density at radius 3 is 2.14 bits per heavy atom. The fourth-order valence-electron chi connectivity index (χ4n) is 3.88. The highest BCUT2D eigenvalue weighted by Crippen LogP contribution is 2.36. The Hall–Kier alpha value is -2.79. The normalized spacial score (nSPS) is 16.6. The molecule has 0 aromatic heterocycles. The van der Waals surface area contributed by atoms with Crippen molar-refractivity contribution in [2.24, 2.45) is 0 Å². The van der Waals surface area contributed by atoms with Crippen LogP contribution in [0.3, 0.4) is 0 Å². The molecule has 1 aliphatic rings. The van der Waals surface area contributed by atoms with E-state index in [1.807, 2.05) is 18.2 Å². The van der Waals surface area contributed by atoms with Crippen LogP contribution >= 0.6 is 0 Å². The summed E-state index contributed by atoms with van der Waals surface area (Å²) in [6, 6.07) is 9.57. The second-order valence-corrected chi connectivity index (χ2v) is 8.42. The van der Waals surface area contributed by atoms with E-state index in [-0.39, 0.29) is 24.2 Å². The third-order valence-electron chi connectivity index (χ3n) is 5.49. The molecule has 35 heavy (non-hydrogen) atoms. The smallest absolute Gasteiger partial charge is 0.416 e. The van der Waals surface area contributed by atoms with Crippen LogP contribution in [0.4, 0.5) is 31.1 Å². The predicted octanol–water partition coefficient (Wildman–Crippen LogP) is 5.88. The summed E-state index contributed by atoms with van der Waals surface area (Å²) in [6.07, 6.45) is -10.4. The van der Waals surface area contributed by atoms with Crippen molar-refractivity contribution in [1.29, 1.82) is 0 Å². The molecule has 3 rings (SSSR count). The van der Waals surface area contributed by atoms with Crippen molar-refractivity contribution >= 4 is 6.09 Å². The van der Waals surface area contributed by atoms with Crippen molar-refractivity contribution in [2.75, 3.05) is 26.7 Å². The Kier molecular flexibility index (Phi) is 9.56. The number of nitrogens with one attached hydrogen (secondary N) is 2. The molecule has 1 heterocycles. The largest absolute Gasteiger partial charge is 0.465 e. The maximum absolute atomic E-state index is 12.4. The average molecular weight is 506 g/mol. The van der Waals surface area contributed by atoms with Crippen LogP contribution in [0, 0.1) is 0 Å². The van der Waals surface area contributed by atoms with Crippen molar-refractivity contribution in [2.45, 2.75) is 44.7 Å². The number of hydrogen-bond acceptors (Lipinski definition) is 3. The van der Waals surface area contributed by atoms with E-state index in [1.54, 1.807) is 0 Å². The van der Waals surface area contributed by atoms with E-state index in [0.29, 0.717) is 31.1 Å². The third kappa shape index (κ3) is 7.86. The number of benzene rings is 2. The summed E-state index contributed by atoms with van der Waals surface area (Å²) in [6.45, 7) is 6.18. The van der Waals surface area contributed by atoms with Crippen molar-refractivity contribution < 1.29 is 36.2 Å². The van der Waals surface area contributed by atoms with Gasteiger partial charge in [-0.3, -0.25) is 4.90 Å². The van der Waals surface area contributed by atoms with Gasteiger partial charge in [0.1, 0.15) is 0 Å². The zero-order valence-electron chi connectivity index (χ0n) is 19.6. The SMILES string of the molecule is CC(C)c1ccccc1C1CNCCN1C(=O)O.CNCc1cc(C(F)(F)F)cc(C(F)(F)F)c1. The molecule has 1 unspecified atom stereocenters. The summed E-state index contributed by atoms with van der Waals surface area (Å²) in [5, 5.41) is 15.1. The lowest BCUT2D eigenvalue weighted by molar-refractivity contribution is -0.143. The van der Waals surface area contributed by atoms with Gasteiger partial charge in [0, 0.05) is 26.2 Å². The molecular weight excluding hydrogens is 476 g/mol. The van der Waals surface area contributed by atoms with Gasteiger partial charge >= 0.3 is 18.4 Å². The van der Waals surface area contributed by atoms with Gasteiger partial charge in [0.25, 0.3) is 0 Å². The van der Waals surface area contributed by atoms with Crippen LogP contribution in [0.25, 0.3) is 0 Å². The molecule has 1 saturated heterocycles. The van der Waals surface area contributed by atoms with Gasteiger partial charge < -0.3 is 15.7 Å². The van der Waals surface area contributed by atoms with E-state index in [4.69, 9.17) is 0 Å². The molecule has 194 valence electrons. The molecule has 2 aromatic rings. The quantitative estimate of drug-likeness (QED) is 0.455. The molecule has 1 amide bonds. The molecule has 11 heteroatoms. The molecule has 0 bridgehead atoms. The molecular formula is C24H29F6N3O2. The minimum absolute atomic E-state index is 0.0605. The summed E-state index contributed by atoms with van der Waals surface area (Å²) >= 11 is 0. The molecule has 0 spiro atoms. The highest BCUT2D eigenvalue weighted by atomic mass is 19.4. The first kappa shape index (κ1) is 28.4. The summed E-state index contributed by atoms with van der Waals surface area (Å²) in [5.41, 5.74) is -0.288. The van der Waals surface area contributed by atoms with E-state index in [0.717, 1.165) is 12.1 Å². The topological polar surface area (TPSA) is 64.6 Å². The van der Waals surface area contributed by atoms with E-state index >= 15 is 0 Å². The molecule has 2 aromatic carbocycles. The average Bonchev–Trinajstić information content (AvgIpc) is 2.78. The Balaban J connectivity index is 0.000000247. The first-order valence-electron chi connectivity index (χ1n) is 11.0. The van der Waals surface area contributed by atoms with Gasteiger partial charge in [0.05, 0.1) is 17.2 Å². The van der Waals surface area contributed by atoms with Crippen LogP contribution in [-0.2, 0) is 18.9 Å². The number of piperazine rings is 1. The molecule has 3 N–H and O–H groups in total.